The van der Waals surface area contributed by atoms with Gasteiger partial charge in [0.15, 0.2) is 0 Å². The second kappa shape index (κ2) is 5.26. The molecule has 1 unspecified atom stereocenters. The fraction of sp³-hybridized carbons (Fsp3) is 0.846. The van der Waals surface area contributed by atoms with Gasteiger partial charge < -0.3 is 10.0 Å². The Morgan fingerprint density at radius 2 is 2.00 bits per heavy atom. The van der Waals surface area contributed by atoms with E-state index in [2.05, 4.69) is 13.8 Å². The van der Waals surface area contributed by atoms with Crippen LogP contribution in [-0.4, -0.2) is 59.0 Å². The number of aliphatic carboxylic acids is 1. The van der Waals surface area contributed by atoms with Crippen molar-refractivity contribution in [2.75, 3.05) is 20.1 Å². The highest BCUT2D eigenvalue weighted by molar-refractivity contribution is 5.86. The number of amides is 1. The van der Waals surface area contributed by atoms with Crippen LogP contribution in [0.15, 0.2) is 0 Å². The zero-order chi connectivity index (χ0) is 14.1. The molecule has 1 aliphatic rings. The minimum Gasteiger partial charge on any atom is -0.481 e. The number of nitrogens with zero attached hydrogens (tertiary/aromatic N) is 2. The van der Waals surface area contributed by atoms with Crippen molar-refractivity contribution < 1.29 is 14.7 Å². The number of hydrogen-bond acceptors (Lipinski definition) is 3. The van der Waals surface area contributed by atoms with Gasteiger partial charge in [0.1, 0.15) is 0 Å². The molecule has 0 radical (unpaired) electrons. The maximum Gasteiger partial charge on any atom is 0.305 e. The lowest BCUT2D eigenvalue weighted by atomic mass is 9.92. The molecular formula is C13H24N2O3. The lowest BCUT2D eigenvalue weighted by Crippen LogP contribution is -2.47. The van der Waals surface area contributed by atoms with E-state index in [1.54, 1.807) is 4.90 Å². The van der Waals surface area contributed by atoms with Crippen LogP contribution in [0.3, 0.4) is 0 Å². The Morgan fingerprint density at radius 1 is 1.44 bits per heavy atom. The summed E-state index contributed by atoms with van der Waals surface area (Å²) in [4.78, 5) is 27.0. The molecule has 1 aliphatic heterocycles. The van der Waals surface area contributed by atoms with Crippen molar-refractivity contribution in [2.24, 2.45) is 5.41 Å². The Bertz CT molecular complexity index is 339. The van der Waals surface area contributed by atoms with E-state index < -0.39 is 12.0 Å². The summed E-state index contributed by atoms with van der Waals surface area (Å²) < 4.78 is 0. The largest absolute Gasteiger partial charge is 0.481 e. The predicted octanol–water partition coefficient (Wildman–Crippen LogP) is 1.04. The normalized spacial score (nSPS) is 25.3. The first kappa shape index (κ1) is 15.0. The number of carboxylic acid groups (broad SMARTS) is 1. The summed E-state index contributed by atoms with van der Waals surface area (Å²) >= 11 is 0. The van der Waals surface area contributed by atoms with Crippen molar-refractivity contribution >= 4 is 11.9 Å². The third-order valence-corrected chi connectivity index (χ3v) is 3.37. The SMILES string of the molecule is CC(C)N1CC(C)(C)CN(C)C(CC(=O)O)C1=O. The molecule has 104 valence electrons. The lowest BCUT2D eigenvalue weighted by Gasteiger charge is -2.32. The van der Waals surface area contributed by atoms with E-state index >= 15 is 0 Å². The van der Waals surface area contributed by atoms with E-state index in [4.69, 9.17) is 5.11 Å². The molecule has 1 fully saturated rings. The summed E-state index contributed by atoms with van der Waals surface area (Å²) in [5.41, 5.74) is -0.0259. The molecule has 0 aromatic heterocycles. The first-order chi connectivity index (χ1) is 8.14. The van der Waals surface area contributed by atoms with E-state index in [0.29, 0.717) is 6.54 Å². The number of likely N-dealkylation sites (N-methyl/N-ethyl adjacent to an activating group) is 1. The van der Waals surface area contributed by atoms with Gasteiger partial charge in [0.05, 0.1) is 12.5 Å². The minimum absolute atomic E-state index is 0.0259. The van der Waals surface area contributed by atoms with Crippen molar-refractivity contribution in [3.63, 3.8) is 0 Å². The molecule has 1 saturated heterocycles. The summed E-state index contributed by atoms with van der Waals surface area (Å²) in [7, 11) is 1.83. The monoisotopic (exact) mass is 256 g/mol. The number of hydrogen-bond donors (Lipinski definition) is 1. The van der Waals surface area contributed by atoms with Crippen LogP contribution in [0.5, 0.6) is 0 Å². The summed E-state index contributed by atoms with van der Waals surface area (Å²) in [5, 5.41) is 8.95. The summed E-state index contributed by atoms with van der Waals surface area (Å²) in [6.07, 6.45) is -0.130. The predicted molar refractivity (Wildman–Crippen MR) is 69.3 cm³/mol. The van der Waals surface area contributed by atoms with Gasteiger partial charge >= 0.3 is 5.97 Å². The maximum atomic E-state index is 12.4. The quantitative estimate of drug-likeness (QED) is 0.819. The molecule has 18 heavy (non-hydrogen) atoms. The van der Waals surface area contributed by atoms with Crippen molar-refractivity contribution in [1.82, 2.24) is 9.80 Å². The fourth-order valence-electron chi connectivity index (χ4n) is 2.60. The topological polar surface area (TPSA) is 60.9 Å². The van der Waals surface area contributed by atoms with Crippen LogP contribution in [0.4, 0.5) is 0 Å². The maximum absolute atomic E-state index is 12.4. The Hall–Kier alpha value is -1.10. The molecule has 5 nitrogen and oxygen atoms in total. The van der Waals surface area contributed by atoms with Crippen molar-refractivity contribution in [2.45, 2.75) is 46.2 Å². The molecule has 1 heterocycles. The molecule has 0 aromatic carbocycles. The van der Waals surface area contributed by atoms with Crippen molar-refractivity contribution in [3.8, 4) is 0 Å². The van der Waals surface area contributed by atoms with Gasteiger partial charge in [-0.15, -0.1) is 0 Å². The van der Waals surface area contributed by atoms with Crippen LogP contribution in [-0.2, 0) is 9.59 Å². The first-order valence-corrected chi connectivity index (χ1v) is 6.36. The zero-order valence-corrected chi connectivity index (χ0v) is 11.9. The van der Waals surface area contributed by atoms with E-state index in [-0.39, 0.29) is 23.8 Å². The standard InChI is InChI=1S/C13H24N2O3/c1-9(2)15-8-13(3,4)7-14(5)10(12(15)18)6-11(16)17/h9-10H,6-8H2,1-5H3,(H,16,17). The van der Waals surface area contributed by atoms with E-state index in [0.717, 1.165) is 6.54 Å². The second-order valence-corrected chi connectivity index (χ2v) is 6.25. The lowest BCUT2D eigenvalue weighted by molar-refractivity contribution is -0.145. The van der Waals surface area contributed by atoms with Gasteiger partial charge in [-0.2, -0.15) is 0 Å². The molecule has 0 aromatic rings. The summed E-state index contributed by atoms with van der Waals surface area (Å²) in [6, 6.07) is -0.453. The van der Waals surface area contributed by atoms with Gasteiger partial charge in [0, 0.05) is 19.1 Å². The van der Waals surface area contributed by atoms with Gasteiger partial charge in [-0.3, -0.25) is 14.5 Å². The van der Waals surface area contributed by atoms with Crippen LogP contribution in [0.1, 0.15) is 34.1 Å². The van der Waals surface area contributed by atoms with Gasteiger partial charge in [-0.05, 0) is 26.3 Å². The Kier molecular flexibility index (Phi) is 4.37. The highest BCUT2D eigenvalue weighted by atomic mass is 16.4. The smallest absolute Gasteiger partial charge is 0.305 e. The van der Waals surface area contributed by atoms with Gasteiger partial charge in [-0.1, -0.05) is 13.8 Å². The Balaban J connectivity index is 3.03. The second-order valence-electron chi connectivity index (χ2n) is 6.25. The minimum atomic E-state index is -0.927. The molecule has 0 saturated carbocycles. The number of carboxylic acids is 1. The molecule has 5 heteroatoms. The average molecular weight is 256 g/mol. The third kappa shape index (κ3) is 3.45. The summed E-state index contributed by atoms with van der Waals surface area (Å²) in [5.74, 6) is -0.996. The molecule has 1 amide bonds. The molecule has 0 spiro atoms. The fourth-order valence-corrected chi connectivity index (χ4v) is 2.60. The van der Waals surface area contributed by atoms with E-state index in [1.807, 2.05) is 25.8 Å². The first-order valence-electron chi connectivity index (χ1n) is 6.36. The molecule has 1 atom stereocenters. The number of carbonyl (C=O) groups is 2. The van der Waals surface area contributed by atoms with E-state index in [1.165, 1.54) is 0 Å². The highest BCUT2D eigenvalue weighted by Crippen LogP contribution is 2.26. The number of rotatable bonds is 3. The van der Waals surface area contributed by atoms with Crippen LogP contribution in [0.25, 0.3) is 0 Å². The Morgan fingerprint density at radius 3 is 2.44 bits per heavy atom. The van der Waals surface area contributed by atoms with Gasteiger partial charge in [0.25, 0.3) is 0 Å². The van der Waals surface area contributed by atoms with Crippen molar-refractivity contribution in [1.29, 1.82) is 0 Å². The number of carbonyl (C=O) groups excluding carboxylic acids is 1. The van der Waals surface area contributed by atoms with Crippen LogP contribution >= 0.6 is 0 Å². The molecule has 1 rings (SSSR count). The zero-order valence-electron chi connectivity index (χ0n) is 11.9. The third-order valence-electron chi connectivity index (χ3n) is 3.37. The molecule has 1 N–H and O–H groups in total. The highest BCUT2D eigenvalue weighted by Gasteiger charge is 2.39. The van der Waals surface area contributed by atoms with Crippen LogP contribution in [0, 0.1) is 5.41 Å². The van der Waals surface area contributed by atoms with Crippen molar-refractivity contribution in [3.05, 3.63) is 0 Å². The summed E-state index contributed by atoms with van der Waals surface area (Å²) in [6.45, 7) is 9.54. The van der Waals surface area contributed by atoms with Gasteiger partial charge in [0.2, 0.25) is 5.91 Å². The molecule has 0 aliphatic carbocycles. The van der Waals surface area contributed by atoms with E-state index in [9.17, 15) is 9.59 Å². The Labute approximate surface area is 109 Å². The van der Waals surface area contributed by atoms with Gasteiger partial charge in [-0.25, -0.2) is 0 Å². The van der Waals surface area contributed by atoms with Crippen LogP contribution in [0.2, 0.25) is 0 Å². The molecule has 0 bridgehead atoms. The molecular weight excluding hydrogens is 232 g/mol. The van der Waals surface area contributed by atoms with Crippen LogP contribution < -0.4 is 0 Å². The average Bonchev–Trinajstić information content (AvgIpc) is 2.26.